The van der Waals surface area contributed by atoms with Gasteiger partial charge in [0.15, 0.2) is 5.82 Å². The quantitative estimate of drug-likeness (QED) is 0.706. The van der Waals surface area contributed by atoms with E-state index in [1.54, 1.807) is 18.2 Å². The Balaban J connectivity index is 2.18. The van der Waals surface area contributed by atoms with Crippen molar-refractivity contribution in [2.24, 2.45) is 0 Å². The molecule has 6 heteroatoms. The summed E-state index contributed by atoms with van der Waals surface area (Å²) < 4.78 is 0. The molecule has 2 aromatic rings. The first-order valence-corrected chi connectivity index (χ1v) is 6.17. The lowest BCUT2D eigenvalue weighted by atomic mass is 10.0. The van der Waals surface area contributed by atoms with Gasteiger partial charge in [-0.25, -0.2) is 5.10 Å². The largest absolute Gasteiger partial charge is 0.384 e. The van der Waals surface area contributed by atoms with Gasteiger partial charge in [0.25, 0.3) is 11.5 Å². The summed E-state index contributed by atoms with van der Waals surface area (Å²) in [5, 5.41) is 17.2. The number of aromatic nitrogens is 2. The standard InChI is InChI=1S/C15H13N3O3/c1-10-9-12(5-4-11(10)3-2-8-19)15(21)16-13-6-7-14(20)18-17-13/h4-7,9,19H,8H2,1H3,(H,18,20)(H,16,17,21). The number of nitrogens with one attached hydrogen (secondary N) is 2. The maximum Gasteiger partial charge on any atom is 0.264 e. The molecular weight excluding hydrogens is 270 g/mol. The third-order valence-corrected chi connectivity index (χ3v) is 2.71. The summed E-state index contributed by atoms with van der Waals surface area (Å²) in [5.41, 5.74) is 1.70. The molecule has 0 bridgehead atoms. The summed E-state index contributed by atoms with van der Waals surface area (Å²) in [6, 6.07) is 7.75. The van der Waals surface area contributed by atoms with E-state index >= 15 is 0 Å². The molecule has 1 aromatic carbocycles. The number of H-pyrrole nitrogens is 1. The predicted octanol–water partition coefficient (Wildman–Crippen LogP) is 0.674. The van der Waals surface area contributed by atoms with Gasteiger partial charge in [-0.1, -0.05) is 11.8 Å². The van der Waals surface area contributed by atoms with E-state index in [9.17, 15) is 9.59 Å². The van der Waals surface area contributed by atoms with E-state index in [1.807, 2.05) is 6.92 Å². The number of carbonyl (C=O) groups excluding carboxylic acids is 1. The number of benzene rings is 1. The van der Waals surface area contributed by atoms with Crippen LogP contribution < -0.4 is 10.9 Å². The van der Waals surface area contributed by atoms with Crippen LogP contribution in [-0.2, 0) is 0 Å². The Bertz CT molecular complexity index is 764. The lowest BCUT2D eigenvalue weighted by Gasteiger charge is -2.05. The molecule has 0 aliphatic carbocycles. The highest BCUT2D eigenvalue weighted by Crippen LogP contribution is 2.11. The van der Waals surface area contributed by atoms with Gasteiger partial charge in [-0.15, -0.1) is 0 Å². The fraction of sp³-hybridized carbons (Fsp3) is 0.133. The molecule has 0 aliphatic heterocycles. The molecule has 0 spiro atoms. The summed E-state index contributed by atoms with van der Waals surface area (Å²) >= 11 is 0. The number of carbonyl (C=O) groups is 1. The third kappa shape index (κ3) is 3.78. The minimum absolute atomic E-state index is 0.209. The van der Waals surface area contributed by atoms with Gasteiger partial charge in [-0.2, -0.15) is 5.10 Å². The fourth-order valence-electron chi connectivity index (χ4n) is 1.68. The molecule has 0 atom stereocenters. The van der Waals surface area contributed by atoms with Crippen molar-refractivity contribution in [3.8, 4) is 11.8 Å². The third-order valence-electron chi connectivity index (χ3n) is 2.71. The van der Waals surface area contributed by atoms with Crippen molar-refractivity contribution in [2.45, 2.75) is 6.92 Å². The van der Waals surface area contributed by atoms with Crippen LogP contribution in [0.4, 0.5) is 5.82 Å². The normalized spacial score (nSPS) is 9.62. The van der Waals surface area contributed by atoms with E-state index in [1.165, 1.54) is 12.1 Å². The number of aliphatic hydroxyl groups excluding tert-OH is 1. The van der Waals surface area contributed by atoms with Gasteiger partial charge in [-0.3, -0.25) is 9.59 Å². The van der Waals surface area contributed by atoms with Gasteiger partial charge in [0, 0.05) is 17.2 Å². The van der Waals surface area contributed by atoms with Crippen LogP contribution in [0.15, 0.2) is 35.1 Å². The van der Waals surface area contributed by atoms with Gasteiger partial charge >= 0.3 is 0 Å². The van der Waals surface area contributed by atoms with Crippen LogP contribution in [0.1, 0.15) is 21.5 Å². The fourth-order valence-corrected chi connectivity index (χ4v) is 1.68. The average Bonchev–Trinajstić information content (AvgIpc) is 2.48. The minimum atomic E-state index is -0.337. The number of amides is 1. The monoisotopic (exact) mass is 283 g/mol. The molecule has 0 saturated carbocycles. The first-order valence-electron chi connectivity index (χ1n) is 6.17. The molecule has 21 heavy (non-hydrogen) atoms. The molecule has 0 saturated heterocycles. The topological polar surface area (TPSA) is 95.1 Å². The molecule has 6 nitrogen and oxygen atoms in total. The van der Waals surface area contributed by atoms with Crippen molar-refractivity contribution in [3.05, 3.63) is 57.4 Å². The Morgan fingerprint density at radius 2 is 2.19 bits per heavy atom. The Morgan fingerprint density at radius 3 is 2.81 bits per heavy atom. The Labute approximate surface area is 120 Å². The van der Waals surface area contributed by atoms with Crippen molar-refractivity contribution >= 4 is 11.7 Å². The number of rotatable bonds is 2. The molecule has 1 heterocycles. The SMILES string of the molecule is Cc1cc(C(=O)Nc2ccc(=O)[nH]n2)ccc1C#CCO. The number of aromatic amines is 1. The molecule has 0 aliphatic rings. The van der Waals surface area contributed by atoms with Crippen LogP contribution in [0.25, 0.3) is 0 Å². The number of anilines is 1. The Kier molecular flexibility index (Phi) is 4.49. The van der Waals surface area contributed by atoms with Crippen molar-refractivity contribution in [1.82, 2.24) is 10.2 Å². The maximum absolute atomic E-state index is 12.1. The van der Waals surface area contributed by atoms with Crippen LogP contribution in [0.5, 0.6) is 0 Å². The lowest BCUT2D eigenvalue weighted by Crippen LogP contribution is -2.16. The van der Waals surface area contributed by atoms with Crippen molar-refractivity contribution < 1.29 is 9.90 Å². The van der Waals surface area contributed by atoms with Crippen LogP contribution >= 0.6 is 0 Å². The molecule has 1 amide bonds. The van der Waals surface area contributed by atoms with Crippen molar-refractivity contribution in [3.63, 3.8) is 0 Å². The van der Waals surface area contributed by atoms with Crippen molar-refractivity contribution in [1.29, 1.82) is 0 Å². The summed E-state index contributed by atoms with van der Waals surface area (Å²) in [6.07, 6.45) is 0. The second kappa shape index (κ2) is 6.50. The van der Waals surface area contributed by atoms with E-state index in [2.05, 4.69) is 27.4 Å². The molecular formula is C15H13N3O3. The molecule has 1 aromatic heterocycles. The predicted molar refractivity (Wildman–Crippen MR) is 78.0 cm³/mol. The highest BCUT2D eigenvalue weighted by Gasteiger charge is 2.08. The summed E-state index contributed by atoms with van der Waals surface area (Å²) in [7, 11) is 0. The first-order chi connectivity index (χ1) is 10.1. The molecule has 106 valence electrons. The number of aliphatic hydroxyl groups is 1. The van der Waals surface area contributed by atoms with Crippen LogP contribution in [-0.4, -0.2) is 27.8 Å². The van der Waals surface area contributed by atoms with Gasteiger partial charge < -0.3 is 10.4 Å². The van der Waals surface area contributed by atoms with E-state index in [0.29, 0.717) is 5.56 Å². The smallest absolute Gasteiger partial charge is 0.264 e. The summed E-state index contributed by atoms with van der Waals surface area (Å²) in [6.45, 7) is 1.62. The van der Waals surface area contributed by atoms with Gasteiger partial charge in [0.05, 0.1) is 0 Å². The Morgan fingerprint density at radius 1 is 1.38 bits per heavy atom. The minimum Gasteiger partial charge on any atom is -0.384 e. The molecule has 0 radical (unpaired) electrons. The van der Waals surface area contributed by atoms with Crippen LogP contribution in [0.3, 0.4) is 0 Å². The first kappa shape index (κ1) is 14.5. The Hall–Kier alpha value is -2.91. The van der Waals surface area contributed by atoms with Crippen LogP contribution in [0, 0.1) is 18.8 Å². The summed E-state index contributed by atoms with van der Waals surface area (Å²) in [5.74, 6) is 5.29. The molecule has 2 rings (SSSR count). The zero-order chi connectivity index (χ0) is 15.2. The lowest BCUT2D eigenvalue weighted by molar-refractivity contribution is 0.102. The number of aryl methyl sites for hydroxylation is 1. The van der Waals surface area contributed by atoms with Crippen molar-refractivity contribution in [2.75, 3.05) is 11.9 Å². The second-order valence-electron chi connectivity index (χ2n) is 4.25. The number of nitrogens with zero attached hydrogens (tertiary/aromatic N) is 1. The van der Waals surface area contributed by atoms with E-state index < -0.39 is 0 Å². The average molecular weight is 283 g/mol. The van der Waals surface area contributed by atoms with Gasteiger partial charge in [0.1, 0.15) is 6.61 Å². The van der Waals surface area contributed by atoms with E-state index in [-0.39, 0.29) is 23.9 Å². The molecule has 0 unspecified atom stereocenters. The molecule has 3 N–H and O–H groups in total. The van der Waals surface area contributed by atoms with E-state index in [0.717, 1.165) is 11.1 Å². The zero-order valence-corrected chi connectivity index (χ0v) is 11.3. The maximum atomic E-state index is 12.1. The highest BCUT2D eigenvalue weighted by molar-refractivity contribution is 6.03. The zero-order valence-electron chi connectivity index (χ0n) is 11.3. The number of hydrogen-bond acceptors (Lipinski definition) is 4. The van der Waals surface area contributed by atoms with Gasteiger partial charge in [-0.05, 0) is 36.8 Å². The van der Waals surface area contributed by atoms with Crippen LogP contribution in [0.2, 0.25) is 0 Å². The van der Waals surface area contributed by atoms with E-state index in [4.69, 9.17) is 5.11 Å². The van der Waals surface area contributed by atoms with Gasteiger partial charge in [0.2, 0.25) is 0 Å². The second-order valence-corrected chi connectivity index (χ2v) is 4.25. The molecule has 0 fully saturated rings. The summed E-state index contributed by atoms with van der Waals surface area (Å²) in [4.78, 5) is 22.9. The highest BCUT2D eigenvalue weighted by atomic mass is 16.2. The number of hydrogen-bond donors (Lipinski definition) is 3.